The van der Waals surface area contributed by atoms with Gasteiger partial charge in [-0.1, -0.05) is 0 Å². The van der Waals surface area contributed by atoms with Gasteiger partial charge in [-0.15, -0.1) is 0 Å². The summed E-state index contributed by atoms with van der Waals surface area (Å²) < 4.78 is 44.5. The van der Waals surface area contributed by atoms with Gasteiger partial charge in [0, 0.05) is 12.3 Å². The van der Waals surface area contributed by atoms with Crippen molar-refractivity contribution in [3.05, 3.63) is 33.9 Å². The van der Waals surface area contributed by atoms with E-state index in [1.807, 2.05) is 6.07 Å². The topological polar surface area (TPSA) is 181 Å². The van der Waals surface area contributed by atoms with Gasteiger partial charge in [0.1, 0.15) is 11.5 Å². The molecule has 0 radical (unpaired) electrons. The number of nitro groups is 1. The molecule has 0 amide bonds. The van der Waals surface area contributed by atoms with Crippen LogP contribution in [0.25, 0.3) is 0 Å². The van der Waals surface area contributed by atoms with Gasteiger partial charge in [0.15, 0.2) is 6.61 Å². The minimum Gasteiger partial charge on any atom is -0.494 e. The van der Waals surface area contributed by atoms with E-state index >= 15 is 0 Å². The van der Waals surface area contributed by atoms with E-state index in [-0.39, 0.29) is 30.3 Å². The Balaban J connectivity index is 2.61. The maximum absolute atomic E-state index is 12.0. The molecule has 0 aliphatic rings. The highest BCUT2D eigenvalue weighted by molar-refractivity contribution is 7.90. The van der Waals surface area contributed by atoms with Gasteiger partial charge in [0.2, 0.25) is 9.84 Å². The Kier molecular flexibility index (Phi) is 7.86. The van der Waals surface area contributed by atoms with E-state index in [1.165, 1.54) is 18.2 Å². The summed E-state index contributed by atoms with van der Waals surface area (Å²) >= 11 is 0. The number of nitriles is 1. The predicted molar refractivity (Wildman–Crippen MR) is 106 cm³/mol. The molecular weight excluding hydrogens is 448 g/mol. The smallest absolute Gasteiger partial charge is 0.392 e. The zero-order valence-corrected chi connectivity index (χ0v) is 18.0. The number of rotatable bonds is 10. The minimum absolute atomic E-state index is 0.0361. The van der Waals surface area contributed by atoms with Crippen molar-refractivity contribution in [2.24, 2.45) is 0 Å². The molecule has 1 heterocycles. The maximum Gasteiger partial charge on any atom is 0.392 e. The number of sulfone groups is 1. The third-order valence-electron chi connectivity index (χ3n) is 3.48. The lowest BCUT2D eigenvalue weighted by molar-refractivity contribution is -0.387. The molecule has 0 aliphatic heterocycles. The first-order valence-electron chi connectivity index (χ1n) is 8.99. The molecule has 13 nitrogen and oxygen atoms in total. The summed E-state index contributed by atoms with van der Waals surface area (Å²) in [5.41, 5.74) is -0.813. The number of hydrogen-bond donors (Lipinski definition) is 0. The third kappa shape index (κ3) is 6.25. The number of benzene rings is 1. The molecule has 0 spiro atoms. The van der Waals surface area contributed by atoms with Gasteiger partial charge in [-0.2, -0.15) is 15.2 Å². The first-order valence-corrected chi connectivity index (χ1v) is 10.9. The van der Waals surface area contributed by atoms with Crippen molar-refractivity contribution < 1.29 is 37.1 Å². The molecule has 32 heavy (non-hydrogen) atoms. The second-order valence-electron chi connectivity index (χ2n) is 5.93. The van der Waals surface area contributed by atoms with Crippen LogP contribution >= 0.6 is 0 Å². The van der Waals surface area contributed by atoms with Crippen molar-refractivity contribution in [2.75, 3.05) is 26.1 Å². The van der Waals surface area contributed by atoms with E-state index in [4.69, 9.17) is 14.2 Å². The van der Waals surface area contributed by atoms with E-state index in [0.29, 0.717) is 0 Å². The highest BCUT2D eigenvalue weighted by Crippen LogP contribution is 2.38. The lowest BCUT2D eigenvalue weighted by Crippen LogP contribution is -2.17. The summed E-state index contributed by atoms with van der Waals surface area (Å²) in [4.78, 5) is 29.5. The van der Waals surface area contributed by atoms with Crippen LogP contribution in [0.3, 0.4) is 0 Å². The number of nitrogens with zero attached hydrogens (tertiary/aromatic N) is 4. The summed E-state index contributed by atoms with van der Waals surface area (Å²) in [6.45, 7) is 2.79. The van der Waals surface area contributed by atoms with Crippen molar-refractivity contribution in [2.45, 2.75) is 19.0 Å². The number of carbonyl (C=O) groups excluding carboxylic acids is 1. The number of carbonyl (C=O) groups is 1. The Morgan fingerprint density at radius 1 is 1.12 bits per heavy atom. The molecule has 2 rings (SSSR count). The van der Waals surface area contributed by atoms with Crippen molar-refractivity contribution >= 4 is 21.5 Å². The fourth-order valence-electron chi connectivity index (χ4n) is 2.28. The van der Waals surface area contributed by atoms with E-state index < -0.39 is 49.9 Å². The van der Waals surface area contributed by atoms with Crippen LogP contribution in [0.1, 0.15) is 19.4 Å². The van der Waals surface area contributed by atoms with Crippen molar-refractivity contribution in [1.82, 2.24) is 9.97 Å². The molecule has 1 aromatic heterocycles. The van der Waals surface area contributed by atoms with Gasteiger partial charge in [0.25, 0.3) is 5.16 Å². The standard InChI is InChI=1S/C18H18N4O9S/c1-4-28-12-6-11(9-19)7-13(8-12)31-17-15(22(24)25)16(30-10-14(23)29-5-2)20-18(21-17)32(3,26)27/h6-8H,4-5,10H2,1-3H3. The second kappa shape index (κ2) is 10.4. The Morgan fingerprint density at radius 3 is 2.34 bits per heavy atom. The highest BCUT2D eigenvalue weighted by Gasteiger charge is 2.31. The monoisotopic (exact) mass is 466 g/mol. The molecule has 0 atom stereocenters. The average Bonchev–Trinajstić information content (AvgIpc) is 2.71. The normalized spacial score (nSPS) is 10.7. The van der Waals surface area contributed by atoms with Gasteiger partial charge in [-0.05, 0) is 26.0 Å². The summed E-state index contributed by atoms with van der Waals surface area (Å²) in [7, 11) is -4.06. The summed E-state index contributed by atoms with van der Waals surface area (Å²) in [5, 5.41) is 20.0. The number of hydrogen-bond acceptors (Lipinski definition) is 12. The van der Waals surface area contributed by atoms with E-state index in [2.05, 4.69) is 14.7 Å². The van der Waals surface area contributed by atoms with Crippen molar-refractivity contribution in [1.29, 1.82) is 5.26 Å². The lowest BCUT2D eigenvalue weighted by atomic mass is 10.2. The van der Waals surface area contributed by atoms with Gasteiger partial charge in [-0.25, -0.2) is 13.2 Å². The fraction of sp³-hybridized carbons (Fsp3) is 0.333. The Morgan fingerprint density at radius 2 is 1.78 bits per heavy atom. The maximum atomic E-state index is 12.0. The molecule has 0 N–H and O–H groups in total. The van der Waals surface area contributed by atoms with Gasteiger partial charge in [0.05, 0.1) is 29.8 Å². The van der Waals surface area contributed by atoms with Crippen molar-refractivity contribution in [3.63, 3.8) is 0 Å². The average molecular weight is 466 g/mol. The van der Waals surface area contributed by atoms with Crippen LogP contribution < -0.4 is 14.2 Å². The Bertz CT molecular complexity index is 1180. The second-order valence-corrected chi connectivity index (χ2v) is 7.84. The molecule has 170 valence electrons. The summed E-state index contributed by atoms with van der Waals surface area (Å²) in [6.07, 6.45) is 0.774. The number of esters is 1. The van der Waals surface area contributed by atoms with E-state index in [9.17, 15) is 28.6 Å². The third-order valence-corrected chi connectivity index (χ3v) is 4.33. The fourth-order valence-corrected chi connectivity index (χ4v) is 2.77. The quantitative estimate of drug-likeness (QED) is 0.214. The van der Waals surface area contributed by atoms with Crippen molar-refractivity contribution in [3.8, 4) is 29.3 Å². The van der Waals surface area contributed by atoms with Gasteiger partial charge in [-0.3, -0.25) is 10.1 Å². The molecular formula is C18H18N4O9S. The van der Waals surface area contributed by atoms with Crippen LogP contribution in [0, 0.1) is 21.4 Å². The van der Waals surface area contributed by atoms with Crippen LogP contribution in [0.15, 0.2) is 23.4 Å². The van der Waals surface area contributed by atoms with E-state index in [0.717, 1.165) is 6.26 Å². The van der Waals surface area contributed by atoms with Crippen LogP contribution in [0.4, 0.5) is 5.69 Å². The van der Waals surface area contributed by atoms with Gasteiger partial charge < -0.3 is 18.9 Å². The van der Waals surface area contributed by atoms with Crippen LogP contribution in [0.2, 0.25) is 0 Å². The minimum atomic E-state index is -4.06. The summed E-state index contributed by atoms with van der Waals surface area (Å²) in [6, 6.07) is 5.87. The lowest BCUT2D eigenvalue weighted by Gasteiger charge is -2.12. The largest absolute Gasteiger partial charge is 0.494 e. The Labute approximate surface area is 182 Å². The first-order chi connectivity index (χ1) is 15.1. The molecule has 0 bridgehead atoms. The number of ether oxygens (including phenoxy) is 4. The van der Waals surface area contributed by atoms with Gasteiger partial charge >= 0.3 is 23.4 Å². The molecule has 2 aromatic rings. The van der Waals surface area contributed by atoms with E-state index in [1.54, 1.807) is 13.8 Å². The molecule has 0 unspecified atom stereocenters. The molecule has 0 saturated heterocycles. The highest BCUT2D eigenvalue weighted by atomic mass is 32.2. The molecule has 0 aliphatic carbocycles. The first kappa shape index (κ1) is 24.3. The molecule has 1 aromatic carbocycles. The SMILES string of the molecule is CCOC(=O)COc1nc(S(C)(=O)=O)nc(Oc2cc(C#N)cc(OCC)c2)c1[N+](=O)[O-]. The molecule has 0 saturated carbocycles. The van der Waals surface area contributed by atoms with Crippen LogP contribution in [-0.2, 0) is 19.4 Å². The van der Waals surface area contributed by atoms with Crippen LogP contribution in [0.5, 0.6) is 23.3 Å². The summed E-state index contributed by atoms with van der Waals surface area (Å²) in [5.74, 6) is -2.30. The Hall–Kier alpha value is -3.99. The predicted octanol–water partition coefficient (Wildman–Crippen LogP) is 1.79. The molecule has 14 heteroatoms. The number of aromatic nitrogens is 2. The van der Waals surface area contributed by atoms with Crippen LogP contribution in [-0.4, -0.2) is 55.4 Å². The zero-order chi connectivity index (χ0) is 23.9. The zero-order valence-electron chi connectivity index (χ0n) is 17.2. The molecule has 0 fully saturated rings.